The Balaban J connectivity index is 2.99. The molecule has 1 aromatic carbocycles. The summed E-state index contributed by atoms with van der Waals surface area (Å²) in [6.45, 7) is 0. The number of hydrogen-bond donors (Lipinski definition) is 0. The topological polar surface area (TPSA) is 23.1 Å². The maximum Gasteiger partial charge on any atom is 0.132 e. The van der Waals surface area contributed by atoms with Crippen LogP contribution in [0.2, 0.25) is 0 Å². The van der Waals surface area contributed by atoms with Crippen molar-refractivity contribution in [1.82, 2.24) is 4.48 Å². The molecule has 0 aliphatic rings. The third kappa shape index (κ3) is 1.95. The number of quaternary nitrogens is 1. The van der Waals surface area contributed by atoms with Gasteiger partial charge in [-0.05, 0) is 12.1 Å². The zero-order chi connectivity index (χ0) is 8.48. The first-order valence-electron chi connectivity index (χ1n) is 3.59. The smallest absolute Gasteiger partial charge is 0.132 e. The maximum absolute atomic E-state index is 10.7. The van der Waals surface area contributed by atoms with E-state index in [1.54, 1.807) is 12.1 Å². The Hall–Kier alpha value is -1.02. The molecule has 0 aromatic heterocycles. The van der Waals surface area contributed by atoms with Crippen molar-refractivity contribution >= 4 is 5.69 Å². The lowest BCUT2D eigenvalue weighted by molar-refractivity contribution is -0.268. The molecule has 0 saturated heterocycles. The lowest BCUT2D eigenvalue weighted by Gasteiger charge is -2.23. The van der Waals surface area contributed by atoms with Gasteiger partial charge in [0, 0.05) is 0 Å². The van der Waals surface area contributed by atoms with Gasteiger partial charge in [0.15, 0.2) is 0 Å². The van der Waals surface area contributed by atoms with Gasteiger partial charge >= 0.3 is 0 Å². The summed E-state index contributed by atoms with van der Waals surface area (Å²) >= 11 is 0. The van der Waals surface area contributed by atoms with Gasteiger partial charge in [0.2, 0.25) is 0 Å². The van der Waals surface area contributed by atoms with E-state index >= 15 is 0 Å². The van der Waals surface area contributed by atoms with Crippen LogP contribution in [-0.4, -0.2) is 21.1 Å². The van der Waals surface area contributed by atoms with E-state index in [0.29, 0.717) is 0 Å². The third-order valence-corrected chi connectivity index (χ3v) is 1.61. The van der Waals surface area contributed by atoms with Gasteiger partial charge in [0.1, 0.15) is 5.69 Å². The second-order valence-corrected chi connectivity index (χ2v) is 3.51. The summed E-state index contributed by atoms with van der Waals surface area (Å²) in [5.41, 5.74) is 1.14. The predicted octanol–water partition coefficient (Wildman–Crippen LogP) is 0.957. The summed E-state index contributed by atoms with van der Waals surface area (Å²) in [4.78, 5) is 0. The lowest BCUT2D eigenvalue weighted by Crippen LogP contribution is -2.34. The van der Waals surface area contributed by atoms with E-state index < -0.39 is 0 Å². The Morgan fingerprint density at radius 1 is 1.00 bits per heavy atom. The normalized spacial score (nSPS) is 11.5. The van der Waals surface area contributed by atoms with E-state index in [1.807, 2.05) is 12.1 Å². The van der Waals surface area contributed by atoms with Crippen LogP contribution in [0.3, 0.4) is 0 Å². The maximum atomic E-state index is 10.7. The first-order chi connectivity index (χ1) is 5.00. The zero-order valence-corrected chi connectivity index (χ0v) is 7.16. The molecule has 1 rings (SSSR count). The molecule has 0 heterocycles. The molecule has 0 atom stereocenters. The molecule has 2 nitrogen and oxygen atoms in total. The summed E-state index contributed by atoms with van der Waals surface area (Å²) in [5.74, 6) is 0.0715. The van der Waals surface area contributed by atoms with Crippen molar-refractivity contribution in [3.8, 4) is 5.75 Å². The van der Waals surface area contributed by atoms with Gasteiger partial charge in [0.25, 0.3) is 0 Å². The standard InChI is InChI=1S/C9H13NO/c1-10(2,3)8-4-6-9(11)7-5-8/h4-7H,1-3H3. The summed E-state index contributed by atoms with van der Waals surface area (Å²) in [5, 5.41) is 10.7. The minimum atomic E-state index is 0.0715. The van der Waals surface area contributed by atoms with Crippen molar-refractivity contribution in [1.29, 1.82) is 0 Å². The number of nitrogens with zero attached hydrogens (tertiary/aromatic N) is 1. The molecule has 1 aromatic rings. The van der Waals surface area contributed by atoms with Gasteiger partial charge in [-0.2, -0.15) is 0 Å². The molecule has 0 unspecified atom stereocenters. The van der Waals surface area contributed by atoms with Gasteiger partial charge in [0.05, 0.1) is 21.1 Å². The van der Waals surface area contributed by atoms with E-state index in [-0.39, 0.29) is 5.75 Å². The molecule has 0 N–H and O–H groups in total. The molecule has 0 radical (unpaired) electrons. The lowest BCUT2D eigenvalue weighted by atomic mass is 10.2. The molecule has 0 spiro atoms. The average molecular weight is 151 g/mol. The van der Waals surface area contributed by atoms with E-state index in [9.17, 15) is 5.11 Å². The summed E-state index contributed by atoms with van der Waals surface area (Å²) in [6.07, 6.45) is 0. The zero-order valence-electron chi connectivity index (χ0n) is 7.16. The molecular weight excluding hydrogens is 138 g/mol. The first-order valence-corrected chi connectivity index (χ1v) is 3.59. The molecule has 0 amide bonds. The van der Waals surface area contributed by atoms with E-state index in [0.717, 1.165) is 10.2 Å². The molecule has 0 saturated carbocycles. The highest BCUT2D eigenvalue weighted by Gasteiger charge is 2.09. The number of hydrogen-bond acceptors (Lipinski definition) is 1. The van der Waals surface area contributed by atoms with Crippen LogP contribution in [0.25, 0.3) is 0 Å². The summed E-state index contributed by atoms with van der Waals surface area (Å²) in [6, 6.07) is 6.92. The number of rotatable bonds is 1. The van der Waals surface area contributed by atoms with Gasteiger partial charge in [-0.1, -0.05) is 12.1 Å². The highest BCUT2D eigenvalue weighted by molar-refractivity contribution is 5.43. The Labute approximate surface area is 67.3 Å². The minimum absolute atomic E-state index is 0.0715. The van der Waals surface area contributed by atoms with Crippen LogP contribution in [0.4, 0.5) is 5.69 Å². The van der Waals surface area contributed by atoms with Crippen LogP contribution in [0.1, 0.15) is 0 Å². The Kier molecular flexibility index (Phi) is 1.87. The molecule has 0 fully saturated rings. The fourth-order valence-corrected chi connectivity index (χ4v) is 0.893. The van der Waals surface area contributed by atoms with Crippen molar-refractivity contribution < 1.29 is 5.11 Å². The molecule has 11 heavy (non-hydrogen) atoms. The van der Waals surface area contributed by atoms with Gasteiger partial charge < -0.3 is 5.11 Å². The fourth-order valence-electron chi connectivity index (χ4n) is 0.893. The highest BCUT2D eigenvalue weighted by Crippen LogP contribution is 2.18. The molecule has 0 aliphatic carbocycles. The highest BCUT2D eigenvalue weighted by atomic mass is 16.3. The Morgan fingerprint density at radius 2 is 1.45 bits per heavy atom. The second kappa shape index (κ2) is 2.55. The molecule has 0 bridgehead atoms. The quantitative estimate of drug-likeness (QED) is 0.548. The van der Waals surface area contributed by atoms with Gasteiger partial charge in [-0.15, -0.1) is 5.75 Å². The van der Waals surface area contributed by atoms with Crippen LogP contribution < -0.4 is 9.59 Å². The summed E-state index contributed by atoms with van der Waals surface area (Å²) < 4.78 is 0.750. The van der Waals surface area contributed by atoms with Crippen molar-refractivity contribution in [2.45, 2.75) is 0 Å². The SMILES string of the molecule is C[N+](C)(C)c1ccc([O-])cc1. The van der Waals surface area contributed by atoms with Crippen molar-refractivity contribution in [3.05, 3.63) is 24.3 Å². The van der Waals surface area contributed by atoms with Crippen LogP contribution in [0, 0.1) is 0 Å². The van der Waals surface area contributed by atoms with Gasteiger partial charge in [-0.25, -0.2) is 0 Å². The first kappa shape index (κ1) is 8.08. The molecule has 2 heteroatoms. The minimum Gasteiger partial charge on any atom is -0.872 e. The van der Waals surface area contributed by atoms with Crippen molar-refractivity contribution in [3.63, 3.8) is 0 Å². The fraction of sp³-hybridized carbons (Fsp3) is 0.333. The van der Waals surface area contributed by atoms with Crippen LogP contribution in [0.15, 0.2) is 24.3 Å². The monoisotopic (exact) mass is 151 g/mol. The van der Waals surface area contributed by atoms with Crippen LogP contribution in [0.5, 0.6) is 5.75 Å². The Bertz CT molecular complexity index is 233. The molecular formula is C9H13NO. The molecule has 0 aliphatic heterocycles. The number of benzene rings is 1. The van der Waals surface area contributed by atoms with Crippen LogP contribution in [-0.2, 0) is 0 Å². The van der Waals surface area contributed by atoms with E-state index in [4.69, 9.17) is 0 Å². The van der Waals surface area contributed by atoms with E-state index in [2.05, 4.69) is 21.1 Å². The van der Waals surface area contributed by atoms with Crippen LogP contribution >= 0.6 is 0 Å². The van der Waals surface area contributed by atoms with Gasteiger partial charge in [-0.3, -0.25) is 4.48 Å². The average Bonchev–Trinajstić information content (AvgIpc) is 1.86. The molecule has 60 valence electrons. The van der Waals surface area contributed by atoms with Crippen molar-refractivity contribution in [2.24, 2.45) is 0 Å². The largest absolute Gasteiger partial charge is 0.872 e. The third-order valence-electron chi connectivity index (χ3n) is 1.61. The van der Waals surface area contributed by atoms with Crippen molar-refractivity contribution in [2.75, 3.05) is 21.1 Å². The second-order valence-electron chi connectivity index (χ2n) is 3.51. The Morgan fingerprint density at radius 3 is 1.82 bits per heavy atom. The summed E-state index contributed by atoms with van der Waals surface area (Å²) in [7, 11) is 6.21. The van der Waals surface area contributed by atoms with E-state index in [1.165, 1.54) is 0 Å². The predicted molar refractivity (Wildman–Crippen MR) is 45.5 cm³/mol.